The fraction of sp³-hybridized carbons (Fsp3) is 0.478. The van der Waals surface area contributed by atoms with Gasteiger partial charge in [0.2, 0.25) is 0 Å². The summed E-state index contributed by atoms with van der Waals surface area (Å²) < 4.78 is 0. The van der Waals surface area contributed by atoms with Crippen LogP contribution in [0.5, 0.6) is 0 Å². The summed E-state index contributed by atoms with van der Waals surface area (Å²) in [5.41, 5.74) is 6.70. The van der Waals surface area contributed by atoms with Gasteiger partial charge in [-0.15, -0.1) is 0 Å². The molecule has 1 heterocycles. The molecule has 2 rings (SSSR count). The molecule has 0 fully saturated rings. The van der Waals surface area contributed by atoms with E-state index in [-0.39, 0.29) is 5.41 Å². The van der Waals surface area contributed by atoms with Crippen LogP contribution in [0.1, 0.15) is 71.3 Å². The first-order valence-electron chi connectivity index (χ1n) is 9.34. The van der Waals surface area contributed by atoms with Crippen LogP contribution < -0.4 is 0 Å². The number of benzene rings is 1. The van der Waals surface area contributed by atoms with Crippen LogP contribution in [0, 0.1) is 11.3 Å². The first-order chi connectivity index (χ1) is 11.7. The van der Waals surface area contributed by atoms with Crippen LogP contribution in [-0.2, 0) is 6.42 Å². The Hall–Kier alpha value is -1.96. The highest BCUT2D eigenvalue weighted by Gasteiger charge is 2.13. The lowest BCUT2D eigenvalue weighted by molar-refractivity contribution is 0.411. The van der Waals surface area contributed by atoms with E-state index in [9.17, 15) is 0 Å². The second-order valence-corrected chi connectivity index (χ2v) is 8.51. The summed E-state index contributed by atoms with van der Waals surface area (Å²) in [5.74, 6) is 0.644. The Morgan fingerprint density at radius 3 is 2.36 bits per heavy atom. The minimum absolute atomic E-state index is 0.261. The molecular formula is C23H32N2. The van der Waals surface area contributed by atoms with E-state index >= 15 is 0 Å². The molecule has 0 aliphatic carbocycles. The van der Waals surface area contributed by atoms with Crippen molar-refractivity contribution in [3.8, 4) is 0 Å². The van der Waals surface area contributed by atoms with Crippen molar-refractivity contribution in [2.24, 2.45) is 11.3 Å². The molecule has 0 saturated heterocycles. The molecule has 0 aliphatic rings. The molecule has 0 spiro atoms. The average Bonchev–Trinajstić information content (AvgIpc) is 2.51. The Morgan fingerprint density at radius 2 is 1.80 bits per heavy atom. The normalized spacial score (nSPS) is 12.8. The minimum Gasteiger partial charge on any atom is -0.245 e. The molecule has 1 aromatic carbocycles. The van der Waals surface area contributed by atoms with E-state index in [1.165, 1.54) is 11.1 Å². The molecule has 2 heteroatoms. The van der Waals surface area contributed by atoms with Gasteiger partial charge in [0.1, 0.15) is 0 Å². The highest BCUT2D eigenvalue weighted by Crippen LogP contribution is 2.25. The van der Waals surface area contributed by atoms with Gasteiger partial charge in [-0.3, -0.25) is 0 Å². The fourth-order valence-corrected chi connectivity index (χ4v) is 3.13. The van der Waals surface area contributed by atoms with Crippen LogP contribution in [0.3, 0.4) is 0 Å². The maximum Gasteiger partial charge on any atom is 0.0897 e. The van der Waals surface area contributed by atoms with Gasteiger partial charge in [0.15, 0.2) is 0 Å². The van der Waals surface area contributed by atoms with Gasteiger partial charge < -0.3 is 0 Å². The lowest BCUT2D eigenvalue weighted by Crippen LogP contribution is -2.09. The van der Waals surface area contributed by atoms with Gasteiger partial charge >= 0.3 is 0 Å². The van der Waals surface area contributed by atoms with Gasteiger partial charge in [-0.25, -0.2) is 9.97 Å². The number of nitrogens with zero attached hydrogens (tertiary/aromatic N) is 2. The minimum atomic E-state index is 0.261. The molecule has 0 amide bonds. The van der Waals surface area contributed by atoms with Crippen molar-refractivity contribution in [3.63, 3.8) is 0 Å². The van der Waals surface area contributed by atoms with Gasteiger partial charge in [-0.05, 0) is 60.4 Å². The third-order valence-corrected chi connectivity index (χ3v) is 4.18. The summed E-state index contributed by atoms with van der Waals surface area (Å²) in [6.07, 6.45) is 7.19. The molecule has 0 unspecified atom stereocenters. The number of aromatic nitrogens is 2. The van der Waals surface area contributed by atoms with Crippen LogP contribution in [0.25, 0.3) is 23.2 Å². The van der Waals surface area contributed by atoms with E-state index in [0.717, 1.165) is 41.7 Å². The summed E-state index contributed by atoms with van der Waals surface area (Å²) in [6.45, 7) is 17.4. The van der Waals surface area contributed by atoms with Crippen LogP contribution >= 0.6 is 0 Å². The third-order valence-electron chi connectivity index (χ3n) is 4.18. The SMILES string of the molecule is C=Cc1nc2ccc(CC(C)(C)C)cc2nc1/C=C(\CC)CC(C)C. The third kappa shape index (κ3) is 5.52. The maximum absolute atomic E-state index is 4.92. The molecule has 1 aromatic heterocycles. The Balaban J connectivity index is 2.51. The molecule has 0 bridgehead atoms. The molecule has 0 radical (unpaired) electrons. The average molecular weight is 337 g/mol. The van der Waals surface area contributed by atoms with Crippen molar-refractivity contribution in [3.05, 3.63) is 47.3 Å². The number of fused-ring (bicyclic) bond motifs is 1. The summed E-state index contributed by atoms with van der Waals surface area (Å²) in [7, 11) is 0. The van der Waals surface area contributed by atoms with Crippen LogP contribution in [0.15, 0.2) is 30.4 Å². The van der Waals surface area contributed by atoms with E-state index in [0.29, 0.717) is 5.92 Å². The molecule has 0 atom stereocenters. The lowest BCUT2D eigenvalue weighted by atomic mass is 9.88. The summed E-state index contributed by atoms with van der Waals surface area (Å²) in [5, 5.41) is 0. The molecular weight excluding hydrogens is 304 g/mol. The van der Waals surface area contributed by atoms with Gasteiger partial charge in [0.05, 0.1) is 22.4 Å². The van der Waals surface area contributed by atoms with Crippen molar-refractivity contribution < 1.29 is 0 Å². The molecule has 0 N–H and O–H groups in total. The number of rotatable bonds is 6. The predicted molar refractivity (Wildman–Crippen MR) is 111 cm³/mol. The molecule has 2 aromatic rings. The Morgan fingerprint density at radius 1 is 1.12 bits per heavy atom. The zero-order valence-corrected chi connectivity index (χ0v) is 16.7. The monoisotopic (exact) mass is 336 g/mol. The highest BCUT2D eigenvalue weighted by atomic mass is 14.8. The van der Waals surface area contributed by atoms with Gasteiger partial charge in [0, 0.05) is 0 Å². The fourth-order valence-electron chi connectivity index (χ4n) is 3.13. The van der Waals surface area contributed by atoms with Crippen molar-refractivity contribution in [2.75, 3.05) is 0 Å². The molecule has 0 saturated carbocycles. The topological polar surface area (TPSA) is 25.8 Å². The summed E-state index contributed by atoms with van der Waals surface area (Å²) >= 11 is 0. The highest BCUT2D eigenvalue weighted by molar-refractivity contribution is 5.78. The predicted octanol–water partition coefficient (Wildman–Crippen LogP) is 6.70. The summed E-state index contributed by atoms with van der Waals surface area (Å²) in [6, 6.07) is 6.44. The van der Waals surface area contributed by atoms with Crippen LogP contribution in [-0.4, -0.2) is 9.97 Å². The van der Waals surface area contributed by atoms with Gasteiger partial charge in [-0.1, -0.05) is 59.8 Å². The quantitative estimate of drug-likeness (QED) is 0.586. The molecule has 134 valence electrons. The smallest absolute Gasteiger partial charge is 0.0897 e. The Bertz CT molecular complexity index is 777. The van der Waals surface area contributed by atoms with E-state index in [1.807, 2.05) is 6.08 Å². The molecule has 25 heavy (non-hydrogen) atoms. The number of hydrogen-bond acceptors (Lipinski definition) is 2. The zero-order valence-electron chi connectivity index (χ0n) is 16.7. The van der Waals surface area contributed by atoms with E-state index in [2.05, 4.69) is 72.4 Å². The van der Waals surface area contributed by atoms with E-state index < -0.39 is 0 Å². The molecule has 0 aliphatic heterocycles. The van der Waals surface area contributed by atoms with Crippen LogP contribution in [0.2, 0.25) is 0 Å². The van der Waals surface area contributed by atoms with Crippen molar-refractivity contribution in [2.45, 2.75) is 60.8 Å². The second-order valence-electron chi connectivity index (χ2n) is 8.51. The molecule has 2 nitrogen and oxygen atoms in total. The van der Waals surface area contributed by atoms with E-state index in [4.69, 9.17) is 9.97 Å². The first-order valence-corrected chi connectivity index (χ1v) is 9.34. The Kier molecular flexibility index (Phi) is 6.16. The number of allylic oxidation sites excluding steroid dienone is 1. The second kappa shape index (κ2) is 7.95. The first kappa shape index (κ1) is 19.4. The van der Waals surface area contributed by atoms with Gasteiger partial charge in [0.25, 0.3) is 0 Å². The van der Waals surface area contributed by atoms with Crippen molar-refractivity contribution in [1.29, 1.82) is 0 Å². The van der Waals surface area contributed by atoms with Crippen molar-refractivity contribution >= 4 is 23.2 Å². The number of hydrogen-bond donors (Lipinski definition) is 0. The standard InChI is InChI=1S/C23H32N2/c1-8-17(12-16(3)4)13-21-19(9-2)24-20-11-10-18(14-22(20)25-21)15-23(5,6)7/h9-11,13-14,16H,2,8,12,15H2,1,3-7H3/b17-13+. The largest absolute Gasteiger partial charge is 0.245 e. The van der Waals surface area contributed by atoms with Gasteiger partial charge in [-0.2, -0.15) is 0 Å². The lowest BCUT2D eigenvalue weighted by Gasteiger charge is -2.18. The Labute approximate surface area is 153 Å². The van der Waals surface area contributed by atoms with Crippen LogP contribution in [0.4, 0.5) is 0 Å². The maximum atomic E-state index is 4.92. The zero-order chi connectivity index (χ0) is 18.6. The van der Waals surface area contributed by atoms with E-state index in [1.54, 1.807) is 0 Å². The summed E-state index contributed by atoms with van der Waals surface area (Å²) in [4.78, 5) is 9.69. The van der Waals surface area contributed by atoms with Crippen molar-refractivity contribution in [1.82, 2.24) is 9.97 Å².